The number of rotatable bonds is 7. The Morgan fingerprint density at radius 3 is 2.62 bits per heavy atom. The normalized spacial score (nSPS) is 11.0. The van der Waals surface area contributed by atoms with E-state index in [1.807, 2.05) is 59.2 Å². The summed E-state index contributed by atoms with van der Waals surface area (Å²) in [4.78, 5) is 4.73. The maximum absolute atomic E-state index is 6.29. The molecule has 0 saturated carbocycles. The summed E-state index contributed by atoms with van der Waals surface area (Å²) in [6.07, 6.45) is 1.84. The first-order chi connectivity index (χ1) is 14.2. The Labute approximate surface area is 187 Å². The molecule has 2 aromatic carbocycles. The predicted octanol–water partition coefficient (Wildman–Crippen LogP) is 6.85. The van der Waals surface area contributed by atoms with Crippen LogP contribution in [-0.4, -0.2) is 19.7 Å². The van der Waals surface area contributed by atoms with Gasteiger partial charge in [0.1, 0.15) is 5.01 Å². The number of thiazole rings is 1. The van der Waals surface area contributed by atoms with Crippen molar-refractivity contribution in [1.82, 2.24) is 19.7 Å². The second-order valence-electron chi connectivity index (χ2n) is 6.12. The fourth-order valence-electron chi connectivity index (χ4n) is 2.77. The Morgan fingerprint density at radius 1 is 1.07 bits per heavy atom. The topological polar surface area (TPSA) is 43.6 Å². The highest BCUT2D eigenvalue weighted by Gasteiger charge is 2.15. The number of halogens is 2. The highest BCUT2D eigenvalue weighted by atomic mass is 35.5. The molecular formula is C21H16Cl2N4S2. The van der Waals surface area contributed by atoms with Crippen molar-refractivity contribution in [3.63, 3.8) is 0 Å². The van der Waals surface area contributed by atoms with Crippen LogP contribution in [0.4, 0.5) is 0 Å². The molecule has 0 saturated heterocycles. The summed E-state index contributed by atoms with van der Waals surface area (Å²) in [5, 5.41) is 13.9. The number of nitrogens with zero attached hydrogens (tertiary/aromatic N) is 4. The van der Waals surface area contributed by atoms with Gasteiger partial charge >= 0.3 is 0 Å². The van der Waals surface area contributed by atoms with E-state index in [9.17, 15) is 0 Å². The molecule has 0 amide bonds. The number of hydrogen-bond acceptors (Lipinski definition) is 5. The van der Waals surface area contributed by atoms with Crippen LogP contribution in [0.2, 0.25) is 10.0 Å². The van der Waals surface area contributed by atoms with Gasteiger partial charge in [0.25, 0.3) is 0 Å². The molecule has 0 fully saturated rings. The van der Waals surface area contributed by atoms with Crippen LogP contribution in [0.3, 0.4) is 0 Å². The summed E-state index contributed by atoms with van der Waals surface area (Å²) in [6.45, 7) is 4.48. The van der Waals surface area contributed by atoms with Gasteiger partial charge in [0, 0.05) is 33.8 Å². The molecule has 0 aliphatic carbocycles. The molecule has 0 spiro atoms. The SMILES string of the molecule is C=CCn1c(SCc2csc(-c3ccccc3Cl)n2)nnc1-c1ccc(Cl)cc1. The molecule has 0 atom stereocenters. The zero-order valence-corrected chi connectivity index (χ0v) is 18.4. The van der Waals surface area contributed by atoms with Crippen LogP contribution in [0.5, 0.6) is 0 Å². The molecule has 0 bridgehead atoms. The minimum atomic E-state index is 0.620. The lowest BCUT2D eigenvalue weighted by atomic mass is 10.2. The molecule has 4 nitrogen and oxygen atoms in total. The average molecular weight is 459 g/mol. The second-order valence-corrected chi connectivity index (χ2v) is 8.77. The molecular weight excluding hydrogens is 443 g/mol. The van der Waals surface area contributed by atoms with Gasteiger partial charge in [-0.3, -0.25) is 4.57 Å². The molecule has 0 radical (unpaired) electrons. The third-order valence-corrected chi connectivity index (χ3v) is 6.64. The largest absolute Gasteiger partial charge is 0.298 e. The van der Waals surface area contributed by atoms with E-state index in [1.54, 1.807) is 23.1 Å². The molecule has 0 aliphatic heterocycles. The predicted molar refractivity (Wildman–Crippen MR) is 123 cm³/mol. The maximum Gasteiger partial charge on any atom is 0.192 e. The Kier molecular flexibility index (Phi) is 6.35. The molecule has 2 heterocycles. The van der Waals surface area contributed by atoms with Gasteiger partial charge in [-0.25, -0.2) is 4.98 Å². The zero-order valence-electron chi connectivity index (χ0n) is 15.3. The van der Waals surface area contributed by atoms with Crippen molar-refractivity contribution in [3.05, 3.63) is 82.3 Å². The van der Waals surface area contributed by atoms with Crippen LogP contribution in [0.15, 0.2) is 71.7 Å². The quantitative estimate of drug-likeness (QED) is 0.224. The Hall–Kier alpha value is -2.12. The number of thioether (sulfide) groups is 1. The fraction of sp³-hybridized carbons (Fsp3) is 0.0952. The van der Waals surface area contributed by atoms with Crippen LogP contribution < -0.4 is 0 Å². The maximum atomic E-state index is 6.29. The summed E-state index contributed by atoms with van der Waals surface area (Å²) in [7, 11) is 0. The average Bonchev–Trinajstić information content (AvgIpc) is 3.35. The Balaban J connectivity index is 1.54. The summed E-state index contributed by atoms with van der Waals surface area (Å²) in [5.74, 6) is 1.48. The first kappa shape index (κ1) is 20.2. The molecule has 29 heavy (non-hydrogen) atoms. The third-order valence-electron chi connectivity index (χ3n) is 4.14. The van der Waals surface area contributed by atoms with Crippen molar-refractivity contribution < 1.29 is 0 Å². The number of hydrogen-bond donors (Lipinski definition) is 0. The van der Waals surface area contributed by atoms with Crippen LogP contribution >= 0.6 is 46.3 Å². The van der Waals surface area contributed by atoms with Crippen LogP contribution in [0, 0.1) is 0 Å². The highest BCUT2D eigenvalue weighted by molar-refractivity contribution is 7.98. The van der Waals surface area contributed by atoms with Crippen molar-refractivity contribution in [1.29, 1.82) is 0 Å². The summed E-state index contributed by atoms with van der Waals surface area (Å²) >= 11 is 15.5. The van der Waals surface area contributed by atoms with Crippen LogP contribution in [0.25, 0.3) is 22.0 Å². The molecule has 0 aliphatic rings. The van der Waals surface area contributed by atoms with Gasteiger partial charge in [-0.2, -0.15) is 0 Å². The molecule has 2 aromatic heterocycles. The van der Waals surface area contributed by atoms with Gasteiger partial charge in [-0.1, -0.05) is 59.2 Å². The minimum absolute atomic E-state index is 0.620. The zero-order chi connectivity index (χ0) is 20.2. The molecule has 0 N–H and O–H groups in total. The lowest BCUT2D eigenvalue weighted by Crippen LogP contribution is -2.00. The lowest BCUT2D eigenvalue weighted by molar-refractivity contribution is 0.731. The first-order valence-corrected chi connectivity index (χ1v) is 11.4. The number of allylic oxidation sites excluding steroid dienone is 1. The van der Waals surface area contributed by atoms with E-state index in [0.717, 1.165) is 32.8 Å². The number of benzene rings is 2. The molecule has 4 rings (SSSR count). The standard InChI is InChI=1S/C21H16Cl2N4S2/c1-2-11-27-19(14-7-9-15(22)10-8-14)25-26-21(27)29-13-16-12-28-20(24-16)17-5-3-4-6-18(17)23/h2-10,12H,1,11,13H2. The van der Waals surface area contributed by atoms with E-state index in [0.29, 0.717) is 22.3 Å². The lowest BCUT2D eigenvalue weighted by Gasteiger charge is -2.07. The van der Waals surface area contributed by atoms with E-state index in [1.165, 1.54) is 0 Å². The van der Waals surface area contributed by atoms with Crippen molar-refractivity contribution in [2.24, 2.45) is 0 Å². The van der Waals surface area contributed by atoms with Gasteiger partial charge in [0.2, 0.25) is 0 Å². The second kappa shape index (κ2) is 9.13. The monoisotopic (exact) mass is 458 g/mol. The van der Waals surface area contributed by atoms with Gasteiger partial charge in [-0.05, 0) is 30.3 Å². The van der Waals surface area contributed by atoms with Crippen molar-refractivity contribution in [2.45, 2.75) is 17.5 Å². The van der Waals surface area contributed by atoms with Crippen LogP contribution in [0.1, 0.15) is 5.69 Å². The fourth-order valence-corrected chi connectivity index (χ4v) is 4.98. The first-order valence-electron chi connectivity index (χ1n) is 8.78. The van der Waals surface area contributed by atoms with Gasteiger partial charge in [0.05, 0.1) is 10.7 Å². The summed E-state index contributed by atoms with van der Waals surface area (Å²) in [6, 6.07) is 15.3. The molecule has 0 unspecified atom stereocenters. The van der Waals surface area contributed by atoms with Gasteiger partial charge in [0.15, 0.2) is 11.0 Å². The smallest absolute Gasteiger partial charge is 0.192 e. The summed E-state index contributed by atoms with van der Waals surface area (Å²) < 4.78 is 2.04. The van der Waals surface area contributed by atoms with E-state index < -0.39 is 0 Å². The van der Waals surface area contributed by atoms with E-state index >= 15 is 0 Å². The molecule has 8 heteroatoms. The third kappa shape index (κ3) is 4.56. The number of aromatic nitrogens is 4. The van der Waals surface area contributed by atoms with Crippen LogP contribution in [-0.2, 0) is 12.3 Å². The summed E-state index contributed by atoms with van der Waals surface area (Å²) in [5.41, 5.74) is 2.90. The minimum Gasteiger partial charge on any atom is -0.298 e. The van der Waals surface area contributed by atoms with Gasteiger partial charge < -0.3 is 0 Å². The molecule has 4 aromatic rings. The Bertz CT molecular complexity index is 1140. The van der Waals surface area contributed by atoms with Crippen molar-refractivity contribution in [3.8, 4) is 22.0 Å². The van der Waals surface area contributed by atoms with E-state index in [-0.39, 0.29) is 0 Å². The highest BCUT2D eigenvalue weighted by Crippen LogP contribution is 2.32. The Morgan fingerprint density at radius 2 is 1.86 bits per heavy atom. The van der Waals surface area contributed by atoms with E-state index in [4.69, 9.17) is 28.2 Å². The van der Waals surface area contributed by atoms with Gasteiger partial charge in [-0.15, -0.1) is 28.1 Å². The van der Waals surface area contributed by atoms with Crippen molar-refractivity contribution >= 4 is 46.3 Å². The van der Waals surface area contributed by atoms with E-state index in [2.05, 4.69) is 22.2 Å². The van der Waals surface area contributed by atoms with Crippen molar-refractivity contribution in [2.75, 3.05) is 0 Å². The molecule has 146 valence electrons.